The molecular weight excluding hydrogens is 250 g/mol. The van der Waals surface area contributed by atoms with Gasteiger partial charge in [-0.3, -0.25) is 0 Å². The maximum absolute atomic E-state index is 8.17. The highest BCUT2D eigenvalue weighted by atomic mass is 16.5. The highest BCUT2D eigenvalue weighted by Crippen LogP contribution is 2.05. The Morgan fingerprint density at radius 1 is 0.895 bits per heavy atom. The number of hydrogen-bond donors (Lipinski definition) is 0. The van der Waals surface area contributed by atoms with Gasteiger partial charge in [0, 0.05) is 34.4 Å². The van der Waals surface area contributed by atoms with Crippen LogP contribution in [0.5, 0.6) is 0 Å². The van der Waals surface area contributed by atoms with Gasteiger partial charge in [-0.25, -0.2) is 0 Å². The molecule has 0 aliphatic carbocycles. The molecule has 0 fully saturated rings. The molecule has 0 amide bonds. The van der Waals surface area contributed by atoms with E-state index in [2.05, 4.69) is 30.1 Å². The number of nitrogens with zero attached hydrogens (tertiary/aromatic N) is 9. The molecule has 0 spiro atoms. The maximum atomic E-state index is 8.17. The van der Waals surface area contributed by atoms with Crippen LogP contribution in [0.1, 0.15) is 28.7 Å². The van der Waals surface area contributed by atoms with Gasteiger partial charge in [0.1, 0.15) is 6.73 Å². The van der Waals surface area contributed by atoms with Crippen LogP contribution in [0.2, 0.25) is 0 Å². The monoisotopic (exact) mass is 273 g/mol. The van der Waals surface area contributed by atoms with Gasteiger partial charge in [0.2, 0.25) is 0 Å². The van der Waals surface area contributed by atoms with Gasteiger partial charge in [-0.1, -0.05) is 37.6 Å². The first kappa shape index (κ1) is 25.7. The predicted octanol–water partition coefficient (Wildman–Crippen LogP) is 4.81. The Bertz CT molecular complexity index is 327. The Balaban J connectivity index is -0.000000375. The molecule has 0 aromatic rings. The lowest BCUT2D eigenvalue weighted by molar-refractivity contribution is 0.105. The molecule has 0 N–H and O–H groups in total. The van der Waals surface area contributed by atoms with E-state index in [4.69, 9.17) is 21.3 Å². The Kier molecular flexibility index (Phi) is 28.6. The normalized spacial score (nSPS) is 8.84. The van der Waals surface area contributed by atoms with E-state index < -0.39 is 0 Å². The van der Waals surface area contributed by atoms with Crippen molar-refractivity contribution >= 4 is 0 Å². The Morgan fingerprint density at radius 3 is 2.00 bits per heavy atom. The SMILES string of the molecule is C.C.C.[N-]=[N+]=NCCC(CN=[N+]=[N-])COCN=[N+]=[N-]. The van der Waals surface area contributed by atoms with E-state index in [1.54, 1.807) is 0 Å². The number of azide groups is 3. The van der Waals surface area contributed by atoms with Crippen molar-refractivity contribution in [3.63, 3.8) is 0 Å². The summed E-state index contributed by atoms with van der Waals surface area (Å²) in [7, 11) is 0. The fraction of sp³-hybridized carbons (Fsp3) is 1.00. The molecule has 0 aromatic heterocycles. The lowest BCUT2D eigenvalue weighted by Crippen LogP contribution is -2.14. The summed E-state index contributed by atoms with van der Waals surface area (Å²) in [6.45, 7) is 0.796. The average Bonchev–Trinajstić information content (AvgIpc) is 2.31. The van der Waals surface area contributed by atoms with E-state index in [1.807, 2.05) is 0 Å². The Labute approximate surface area is 113 Å². The zero-order valence-electron chi connectivity index (χ0n) is 8.55. The van der Waals surface area contributed by atoms with E-state index in [9.17, 15) is 0 Å². The van der Waals surface area contributed by atoms with Crippen molar-refractivity contribution in [3.8, 4) is 0 Å². The standard InChI is InChI=1S/C6H11N9O.3CH4/c7-13-10-2-1-6(3-11-14-8)4-16-5-12-15-9;;;/h6H,1-5H2;3*1H4. The molecule has 0 heterocycles. The van der Waals surface area contributed by atoms with Gasteiger partial charge in [-0.05, 0) is 28.9 Å². The molecule has 0 aliphatic heterocycles. The molecule has 0 bridgehead atoms. The summed E-state index contributed by atoms with van der Waals surface area (Å²) in [6, 6.07) is 0. The molecule has 0 radical (unpaired) electrons. The molecule has 0 rings (SSSR count). The quantitative estimate of drug-likeness (QED) is 0.251. The summed E-state index contributed by atoms with van der Waals surface area (Å²) >= 11 is 0. The lowest BCUT2D eigenvalue weighted by Gasteiger charge is -2.11. The third kappa shape index (κ3) is 18.5. The van der Waals surface area contributed by atoms with Crippen molar-refractivity contribution in [1.29, 1.82) is 0 Å². The second kappa shape index (κ2) is 21.2. The molecule has 110 valence electrons. The van der Waals surface area contributed by atoms with Gasteiger partial charge in [0.25, 0.3) is 0 Å². The Hall–Kier alpha value is -2.11. The highest BCUT2D eigenvalue weighted by Gasteiger charge is 2.06. The number of hydrogen-bond acceptors (Lipinski definition) is 4. The van der Waals surface area contributed by atoms with Crippen LogP contribution in [0.4, 0.5) is 0 Å². The van der Waals surface area contributed by atoms with Crippen LogP contribution < -0.4 is 0 Å². The van der Waals surface area contributed by atoms with Crippen molar-refractivity contribution in [2.24, 2.45) is 21.3 Å². The molecule has 0 saturated heterocycles. The summed E-state index contributed by atoms with van der Waals surface area (Å²) in [5.74, 6) is -0.0460. The van der Waals surface area contributed by atoms with Crippen LogP contribution in [-0.4, -0.2) is 26.4 Å². The maximum Gasteiger partial charge on any atom is 0.125 e. The van der Waals surface area contributed by atoms with Crippen LogP contribution >= 0.6 is 0 Å². The molecule has 1 unspecified atom stereocenters. The summed E-state index contributed by atoms with van der Waals surface area (Å²) in [5, 5.41) is 9.98. The minimum absolute atomic E-state index is 0. The second-order valence-electron chi connectivity index (χ2n) is 2.75. The topological polar surface area (TPSA) is 156 Å². The molecule has 1 atom stereocenters. The van der Waals surface area contributed by atoms with E-state index >= 15 is 0 Å². The molecule has 10 nitrogen and oxygen atoms in total. The molecule has 0 aromatic carbocycles. The van der Waals surface area contributed by atoms with Gasteiger partial charge in [-0.15, -0.1) is 0 Å². The molecular formula is C9H23N9O. The molecule has 19 heavy (non-hydrogen) atoms. The van der Waals surface area contributed by atoms with E-state index in [1.165, 1.54) is 0 Å². The molecule has 0 saturated carbocycles. The lowest BCUT2D eigenvalue weighted by atomic mass is 10.1. The summed E-state index contributed by atoms with van der Waals surface area (Å²) in [6.07, 6.45) is 0.555. The first-order chi connectivity index (χ1) is 7.85. The van der Waals surface area contributed by atoms with Crippen molar-refractivity contribution < 1.29 is 4.74 Å². The van der Waals surface area contributed by atoms with Crippen molar-refractivity contribution in [2.45, 2.75) is 28.7 Å². The van der Waals surface area contributed by atoms with E-state index in [0.717, 1.165) is 0 Å². The Morgan fingerprint density at radius 2 is 1.47 bits per heavy atom. The largest absolute Gasteiger partial charge is 0.375 e. The average molecular weight is 273 g/mol. The first-order valence-corrected chi connectivity index (χ1v) is 4.45. The van der Waals surface area contributed by atoms with Gasteiger partial charge < -0.3 is 4.74 Å². The number of ether oxygens (including phenoxy) is 1. The van der Waals surface area contributed by atoms with Crippen LogP contribution in [-0.2, 0) is 4.74 Å². The zero-order chi connectivity index (χ0) is 12.1. The summed E-state index contributed by atoms with van der Waals surface area (Å²) in [5.41, 5.74) is 24.3. The first-order valence-electron chi connectivity index (χ1n) is 4.45. The van der Waals surface area contributed by atoms with Gasteiger partial charge in [-0.2, -0.15) is 0 Å². The van der Waals surface area contributed by atoms with Gasteiger partial charge in [0.05, 0.1) is 0 Å². The van der Waals surface area contributed by atoms with Crippen LogP contribution in [0.3, 0.4) is 0 Å². The van der Waals surface area contributed by atoms with Crippen LogP contribution in [0.15, 0.2) is 15.3 Å². The third-order valence-corrected chi connectivity index (χ3v) is 1.67. The van der Waals surface area contributed by atoms with Gasteiger partial charge in [0.15, 0.2) is 0 Å². The summed E-state index contributed by atoms with van der Waals surface area (Å²) in [4.78, 5) is 7.77. The zero-order valence-corrected chi connectivity index (χ0v) is 8.55. The van der Waals surface area contributed by atoms with E-state index in [-0.39, 0.29) is 41.5 Å². The van der Waals surface area contributed by atoms with E-state index in [0.29, 0.717) is 19.6 Å². The van der Waals surface area contributed by atoms with Crippen molar-refractivity contribution in [3.05, 3.63) is 31.3 Å². The smallest absolute Gasteiger partial charge is 0.125 e. The predicted molar refractivity (Wildman–Crippen MR) is 76.3 cm³/mol. The fourth-order valence-corrected chi connectivity index (χ4v) is 0.950. The van der Waals surface area contributed by atoms with Crippen LogP contribution in [0.25, 0.3) is 31.3 Å². The second-order valence-corrected chi connectivity index (χ2v) is 2.75. The minimum Gasteiger partial charge on any atom is -0.375 e. The van der Waals surface area contributed by atoms with Crippen LogP contribution in [0, 0.1) is 5.92 Å². The van der Waals surface area contributed by atoms with Crippen molar-refractivity contribution in [1.82, 2.24) is 0 Å². The minimum atomic E-state index is -0.0647. The molecule has 10 heteroatoms. The van der Waals surface area contributed by atoms with Crippen molar-refractivity contribution in [2.75, 3.05) is 26.4 Å². The highest BCUT2D eigenvalue weighted by molar-refractivity contribution is 4.64. The fourth-order valence-electron chi connectivity index (χ4n) is 0.950. The molecule has 0 aliphatic rings. The van der Waals surface area contributed by atoms with Gasteiger partial charge >= 0.3 is 0 Å². The third-order valence-electron chi connectivity index (χ3n) is 1.67. The number of rotatable bonds is 9. The summed E-state index contributed by atoms with van der Waals surface area (Å²) < 4.78 is 5.03.